The molecule has 0 bridgehead atoms. The number of nitrogens with one attached hydrogen (secondary N) is 2. The molecule has 0 saturated carbocycles. The van der Waals surface area contributed by atoms with Crippen LogP contribution >= 0.6 is 15.9 Å². The highest BCUT2D eigenvalue weighted by molar-refractivity contribution is 9.10. The molecule has 0 spiro atoms. The quantitative estimate of drug-likeness (QED) is 0.433. The van der Waals surface area contributed by atoms with Gasteiger partial charge in [0.1, 0.15) is 12.6 Å². The Kier molecular flexibility index (Phi) is 6.46. The summed E-state index contributed by atoms with van der Waals surface area (Å²) in [5.41, 5.74) is 4.50. The zero-order chi connectivity index (χ0) is 23.5. The molecule has 1 atom stereocenters. The second-order valence-corrected chi connectivity index (χ2v) is 8.59. The van der Waals surface area contributed by atoms with Gasteiger partial charge < -0.3 is 20.5 Å². The highest BCUT2D eigenvalue weighted by atomic mass is 79.9. The van der Waals surface area contributed by atoms with E-state index in [4.69, 9.17) is 4.74 Å². The first kappa shape index (κ1) is 22.5. The topological polar surface area (TPSA) is 105 Å². The fourth-order valence-electron chi connectivity index (χ4n) is 3.93. The number of hydrogen-bond acceptors (Lipinski definition) is 4. The summed E-state index contributed by atoms with van der Waals surface area (Å²) in [6, 6.07) is 19.5. The van der Waals surface area contributed by atoms with Crippen molar-refractivity contribution < 1.29 is 24.2 Å². The van der Waals surface area contributed by atoms with Crippen molar-refractivity contribution in [3.05, 3.63) is 87.9 Å². The van der Waals surface area contributed by atoms with Crippen LogP contribution in [0.1, 0.15) is 34.3 Å². The van der Waals surface area contributed by atoms with E-state index in [1.807, 2.05) is 48.5 Å². The summed E-state index contributed by atoms with van der Waals surface area (Å²) in [4.78, 5) is 36.3. The van der Waals surface area contributed by atoms with Gasteiger partial charge >= 0.3 is 12.1 Å². The van der Waals surface area contributed by atoms with Crippen molar-refractivity contribution >= 4 is 39.6 Å². The van der Waals surface area contributed by atoms with Crippen molar-refractivity contribution in [1.82, 2.24) is 5.32 Å². The average Bonchev–Trinajstić information content (AvgIpc) is 3.11. The second-order valence-electron chi connectivity index (χ2n) is 7.68. The van der Waals surface area contributed by atoms with Crippen LogP contribution in [0.15, 0.2) is 71.2 Å². The molecule has 33 heavy (non-hydrogen) atoms. The summed E-state index contributed by atoms with van der Waals surface area (Å²) in [7, 11) is 0. The lowest BCUT2D eigenvalue weighted by Gasteiger charge is -2.17. The number of rotatable bonds is 6. The first-order chi connectivity index (χ1) is 15.8. The Morgan fingerprint density at radius 2 is 1.61 bits per heavy atom. The average molecular weight is 509 g/mol. The summed E-state index contributed by atoms with van der Waals surface area (Å²) in [5.74, 6) is -1.83. The normalized spacial score (nSPS) is 12.9. The first-order valence-electron chi connectivity index (χ1n) is 10.3. The van der Waals surface area contributed by atoms with E-state index in [1.54, 1.807) is 6.07 Å². The maximum atomic E-state index is 12.5. The third-order valence-electron chi connectivity index (χ3n) is 5.54. The van der Waals surface area contributed by atoms with Gasteiger partial charge in [0.05, 0.1) is 11.3 Å². The number of amides is 2. The lowest BCUT2D eigenvalue weighted by molar-refractivity contribution is -0.117. The zero-order valence-corrected chi connectivity index (χ0v) is 19.3. The van der Waals surface area contributed by atoms with Crippen LogP contribution in [-0.2, 0) is 9.53 Å². The number of alkyl carbamates (subject to hydrolysis) is 1. The number of hydrogen-bond donors (Lipinski definition) is 3. The number of fused-ring (bicyclic) bond motifs is 3. The van der Waals surface area contributed by atoms with Gasteiger partial charge in [0.25, 0.3) is 0 Å². The van der Waals surface area contributed by atoms with Crippen molar-refractivity contribution in [2.75, 3.05) is 11.9 Å². The number of benzene rings is 3. The van der Waals surface area contributed by atoms with Gasteiger partial charge in [0, 0.05) is 10.4 Å². The van der Waals surface area contributed by atoms with Crippen LogP contribution in [-0.4, -0.2) is 35.7 Å². The Bertz CT molecular complexity index is 1200. The predicted molar refractivity (Wildman–Crippen MR) is 127 cm³/mol. The Hall–Kier alpha value is -3.65. The van der Waals surface area contributed by atoms with Crippen LogP contribution in [0, 0.1) is 0 Å². The van der Waals surface area contributed by atoms with Crippen molar-refractivity contribution in [3.8, 4) is 11.1 Å². The van der Waals surface area contributed by atoms with E-state index in [1.165, 1.54) is 19.1 Å². The highest BCUT2D eigenvalue weighted by Gasteiger charge is 2.29. The van der Waals surface area contributed by atoms with E-state index in [2.05, 4.69) is 26.6 Å². The summed E-state index contributed by atoms with van der Waals surface area (Å²) < 4.78 is 6.07. The van der Waals surface area contributed by atoms with Gasteiger partial charge in [0.2, 0.25) is 5.91 Å². The van der Waals surface area contributed by atoms with Gasteiger partial charge in [-0.2, -0.15) is 0 Å². The smallest absolute Gasteiger partial charge is 0.407 e. The lowest BCUT2D eigenvalue weighted by atomic mass is 9.98. The monoisotopic (exact) mass is 508 g/mol. The van der Waals surface area contributed by atoms with Crippen LogP contribution < -0.4 is 10.6 Å². The number of anilines is 1. The molecule has 1 aliphatic rings. The van der Waals surface area contributed by atoms with Crippen LogP contribution in [0.4, 0.5) is 10.5 Å². The van der Waals surface area contributed by atoms with Crippen molar-refractivity contribution in [2.24, 2.45) is 0 Å². The van der Waals surface area contributed by atoms with Crippen LogP contribution in [0.2, 0.25) is 0 Å². The zero-order valence-electron chi connectivity index (χ0n) is 17.7. The van der Waals surface area contributed by atoms with Crippen molar-refractivity contribution in [3.63, 3.8) is 0 Å². The molecule has 7 nitrogen and oxygen atoms in total. The minimum atomic E-state index is -1.17. The van der Waals surface area contributed by atoms with Gasteiger partial charge in [-0.3, -0.25) is 4.79 Å². The number of carboxylic acids is 1. The van der Waals surface area contributed by atoms with E-state index < -0.39 is 24.0 Å². The summed E-state index contributed by atoms with van der Waals surface area (Å²) in [5, 5.41) is 14.4. The minimum absolute atomic E-state index is 0.0557. The molecule has 0 fully saturated rings. The summed E-state index contributed by atoms with van der Waals surface area (Å²) >= 11 is 3.25. The second kappa shape index (κ2) is 9.46. The molecule has 3 aromatic rings. The number of carbonyl (C=O) groups excluding carboxylic acids is 2. The van der Waals surface area contributed by atoms with Crippen LogP contribution in [0.3, 0.4) is 0 Å². The molecule has 2 amide bonds. The maximum absolute atomic E-state index is 12.5. The van der Waals surface area contributed by atoms with E-state index in [-0.39, 0.29) is 23.8 Å². The number of aromatic carboxylic acids is 1. The number of ether oxygens (including phenoxy) is 1. The molecule has 4 rings (SSSR count). The number of carbonyl (C=O) groups is 3. The molecule has 8 heteroatoms. The van der Waals surface area contributed by atoms with Gasteiger partial charge in [-0.25, -0.2) is 9.59 Å². The molecule has 3 aromatic carbocycles. The Morgan fingerprint density at radius 1 is 1.00 bits per heavy atom. The van der Waals surface area contributed by atoms with E-state index in [0.29, 0.717) is 4.47 Å². The number of carboxylic acid groups (broad SMARTS) is 1. The first-order valence-corrected chi connectivity index (χ1v) is 11.1. The summed E-state index contributed by atoms with van der Waals surface area (Å²) in [6.07, 6.45) is -0.729. The molecule has 3 N–H and O–H groups in total. The molecule has 0 radical (unpaired) electrons. The highest BCUT2D eigenvalue weighted by Crippen LogP contribution is 2.44. The fraction of sp³-hybridized carbons (Fsp3) is 0.160. The number of halogens is 1. The van der Waals surface area contributed by atoms with Gasteiger partial charge in [-0.15, -0.1) is 0 Å². The molecular weight excluding hydrogens is 488 g/mol. The lowest BCUT2D eigenvalue weighted by Crippen LogP contribution is -2.42. The van der Waals surface area contributed by atoms with E-state index in [9.17, 15) is 19.5 Å². The van der Waals surface area contributed by atoms with E-state index in [0.717, 1.165) is 22.3 Å². The molecule has 1 aliphatic carbocycles. The van der Waals surface area contributed by atoms with Gasteiger partial charge in [0.15, 0.2) is 0 Å². The third-order valence-corrected chi connectivity index (χ3v) is 6.03. The fourth-order valence-corrected chi connectivity index (χ4v) is 4.29. The van der Waals surface area contributed by atoms with Crippen molar-refractivity contribution in [1.29, 1.82) is 0 Å². The standard InChI is InChI=1S/C25H21BrN2O5/c1-14(23(29)28-22-12-15(26)10-11-20(22)24(30)31)27-25(32)33-13-21-18-8-4-2-6-16(18)17-7-3-5-9-19(17)21/h2-12,14,21H,13H2,1H3,(H,27,32)(H,28,29)(H,30,31)/t14-/m0/s1. The van der Waals surface area contributed by atoms with E-state index >= 15 is 0 Å². The third kappa shape index (κ3) is 4.75. The van der Waals surface area contributed by atoms with Crippen LogP contribution in [0.5, 0.6) is 0 Å². The molecule has 0 heterocycles. The largest absolute Gasteiger partial charge is 0.478 e. The Balaban J connectivity index is 1.38. The molecule has 0 unspecified atom stereocenters. The maximum Gasteiger partial charge on any atom is 0.407 e. The van der Waals surface area contributed by atoms with Gasteiger partial charge in [-0.1, -0.05) is 64.5 Å². The molecular formula is C25H21BrN2O5. The molecule has 168 valence electrons. The van der Waals surface area contributed by atoms with Crippen molar-refractivity contribution in [2.45, 2.75) is 18.9 Å². The predicted octanol–water partition coefficient (Wildman–Crippen LogP) is 5.01. The molecule has 0 aliphatic heterocycles. The summed E-state index contributed by atoms with van der Waals surface area (Å²) in [6.45, 7) is 1.62. The Morgan fingerprint density at radius 3 is 2.21 bits per heavy atom. The molecule has 0 saturated heterocycles. The minimum Gasteiger partial charge on any atom is -0.478 e. The van der Waals surface area contributed by atoms with Crippen LogP contribution in [0.25, 0.3) is 11.1 Å². The van der Waals surface area contributed by atoms with Gasteiger partial charge in [-0.05, 0) is 47.4 Å². The SMILES string of the molecule is C[C@H](NC(=O)OCC1c2ccccc2-c2ccccc21)C(=O)Nc1cc(Br)ccc1C(=O)O. The molecule has 0 aromatic heterocycles. The Labute approximate surface area is 198 Å².